The van der Waals surface area contributed by atoms with E-state index in [0.29, 0.717) is 27.9 Å². The fraction of sp³-hybridized carbons (Fsp3) is 0.375. The fourth-order valence-electron chi connectivity index (χ4n) is 5.66. The zero-order valence-electron chi connectivity index (χ0n) is 25.5. The van der Waals surface area contributed by atoms with Crippen LogP contribution in [0.4, 0.5) is 14.5 Å². The molecule has 2 aromatic heterocycles. The van der Waals surface area contributed by atoms with Gasteiger partial charge in [0.15, 0.2) is 0 Å². The molecular formula is C32H35BF2N4O5S. The summed E-state index contributed by atoms with van der Waals surface area (Å²) in [6.45, 7) is 7.72. The molecule has 1 aliphatic heterocycles. The van der Waals surface area contributed by atoms with Gasteiger partial charge in [0.1, 0.15) is 11.6 Å². The molecule has 1 amide bonds. The SMILES string of the molecule is CC1(C)OB(c2ccc(CCN(c3cn4nc(Cc5ccc(F)cc5)c(C(N)=O)c4cc3C3CC3)S(=O)O)cc2F)OC1(C)C. The van der Waals surface area contributed by atoms with E-state index in [1.807, 2.05) is 33.8 Å². The van der Waals surface area contributed by atoms with Gasteiger partial charge in [-0.2, -0.15) is 5.10 Å². The molecule has 9 nitrogen and oxygen atoms in total. The summed E-state index contributed by atoms with van der Waals surface area (Å²) >= 11 is -2.41. The van der Waals surface area contributed by atoms with Gasteiger partial charge in [-0.1, -0.05) is 24.3 Å². The molecule has 3 N–H and O–H groups in total. The lowest BCUT2D eigenvalue weighted by Crippen LogP contribution is -2.41. The van der Waals surface area contributed by atoms with Crippen LogP contribution >= 0.6 is 0 Å². The van der Waals surface area contributed by atoms with Gasteiger partial charge in [-0.15, -0.1) is 0 Å². The van der Waals surface area contributed by atoms with Crippen LogP contribution in [0, 0.1) is 11.6 Å². The van der Waals surface area contributed by atoms with Crippen molar-refractivity contribution in [2.75, 3.05) is 10.8 Å². The third-order valence-electron chi connectivity index (χ3n) is 9.03. The van der Waals surface area contributed by atoms with Crippen LogP contribution < -0.4 is 15.5 Å². The van der Waals surface area contributed by atoms with E-state index in [0.717, 1.165) is 24.0 Å². The first-order valence-electron chi connectivity index (χ1n) is 14.9. The zero-order valence-corrected chi connectivity index (χ0v) is 26.4. The van der Waals surface area contributed by atoms with Gasteiger partial charge in [0.05, 0.1) is 39.9 Å². The van der Waals surface area contributed by atoms with E-state index in [1.54, 1.807) is 30.5 Å². The number of nitrogens with two attached hydrogens (primary N) is 1. The Morgan fingerprint density at radius 1 is 1.09 bits per heavy atom. The molecular weight excluding hydrogens is 601 g/mol. The van der Waals surface area contributed by atoms with Crippen molar-refractivity contribution in [2.24, 2.45) is 5.73 Å². The Labute approximate surface area is 263 Å². The Kier molecular flexibility index (Phi) is 8.09. The number of rotatable bonds is 10. The Balaban J connectivity index is 1.29. The van der Waals surface area contributed by atoms with E-state index >= 15 is 4.39 Å². The van der Waals surface area contributed by atoms with E-state index in [2.05, 4.69) is 5.10 Å². The molecule has 0 bridgehead atoms. The maximum absolute atomic E-state index is 15.3. The Bertz CT molecular complexity index is 1790. The van der Waals surface area contributed by atoms with Crippen LogP contribution in [0.2, 0.25) is 0 Å². The van der Waals surface area contributed by atoms with Crippen LogP contribution in [0.3, 0.4) is 0 Å². The average molecular weight is 637 g/mol. The lowest BCUT2D eigenvalue weighted by Gasteiger charge is -2.32. The summed E-state index contributed by atoms with van der Waals surface area (Å²) in [5, 5.41) is 4.61. The van der Waals surface area contributed by atoms with E-state index < -0.39 is 41.3 Å². The van der Waals surface area contributed by atoms with Crippen molar-refractivity contribution in [3.8, 4) is 0 Å². The number of nitrogens with zero attached hydrogens (tertiary/aromatic N) is 3. The first-order chi connectivity index (χ1) is 21.2. The first-order valence-corrected chi connectivity index (χ1v) is 15.9. The molecule has 2 aromatic carbocycles. The highest BCUT2D eigenvalue weighted by molar-refractivity contribution is 7.80. The van der Waals surface area contributed by atoms with Gasteiger partial charge in [0, 0.05) is 18.4 Å². The lowest BCUT2D eigenvalue weighted by molar-refractivity contribution is 0.00578. The van der Waals surface area contributed by atoms with Crippen LogP contribution in [0.1, 0.15) is 79.2 Å². The minimum Gasteiger partial charge on any atom is -0.399 e. The summed E-state index contributed by atoms with van der Waals surface area (Å²) in [7, 11) is -0.842. The normalized spacial score (nSPS) is 18.0. The number of fused-ring (bicyclic) bond motifs is 1. The highest BCUT2D eigenvalue weighted by atomic mass is 32.2. The molecule has 0 radical (unpaired) electrons. The quantitative estimate of drug-likeness (QED) is 0.193. The third-order valence-corrected chi connectivity index (χ3v) is 9.79. The first kappa shape index (κ1) is 31.3. The number of hydrogen-bond donors (Lipinski definition) is 2. The summed E-state index contributed by atoms with van der Waals surface area (Å²) < 4.78 is 66.7. The largest absolute Gasteiger partial charge is 0.497 e. The maximum Gasteiger partial charge on any atom is 0.497 e. The van der Waals surface area contributed by atoms with Crippen LogP contribution in [-0.4, -0.2) is 49.1 Å². The molecule has 45 heavy (non-hydrogen) atoms. The number of benzene rings is 2. The minimum absolute atomic E-state index is 0.107. The van der Waals surface area contributed by atoms with Crippen LogP contribution in [0.5, 0.6) is 0 Å². The molecule has 1 atom stereocenters. The molecule has 2 aliphatic rings. The van der Waals surface area contributed by atoms with Crippen molar-refractivity contribution in [1.82, 2.24) is 9.61 Å². The van der Waals surface area contributed by atoms with Crippen molar-refractivity contribution in [3.63, 3.8) is 0 Å². The molecule has 2 fully saturated rings. The van der Waals surface area contributed by atoms with Crippen LogP contribution in [0.25, 0.3) is 5.52 Å². The predicted molar refractivity (Wildman–Crippen MR) is 169 cm³/mol. The second kappa shape index (κ2) is 11.6. The van der Waals surface area contributed by atoms with Gasteiger partial charge in [0.25, 0.3) is 17.2 Å². The number of amides is 1. The van der Waals surface area contributed by atoms with E-state index in [-0.39, 0.29) is 36.7 Å². The number of anilines is 1. The van der Waals surface area contributed by atoms with Crippen LogP contribution in [0.15, 0.2) is 54.7 Å². The molecule has 1 unspecified atom stereocenters. The topological polar surface area (TPSA) is 119 Å². The summed E-state index contributed by atoms with van der Waals surface area (Å²) in [5.74, 6) is -1.36. The highest BCUT2D eigenvalue weighted by Crippen LogP contribution is 2.45. The van der Waals surface area contributed by atoms with Gasteiger partial charge in [-0.3, -0.25) is 13.7 Å². The Morgan fingerprint density at radius 2 is 1.73 bits per heavy atom. The number of aromatic nitrogens is 2. The molecule has 0 spiro atoms. The maximum atomic E-state index is 15.3. The molecule has 6 rings (SSSR count). The lowest BCUT2D eigenvalue weighted by atomic mass is 9.78. The summed E-state index contributed by atoms with van der Waals surface area (Å²) in [5.41, 5.74) is 8.72. The summed E-state index contributed by atoms with van der Waals surface area (Å²) in [6, 6.07) is 12.5. The van der Waals surface area contributed by atoms with Gasteiger partial charge < -0.3 is 15.0 Å². The third kappa shape index (κ3) is 6.14. The molecule has 236 valence electrons. The molecule has 13 heteroatoms. The summed E-state index contributed by atoms with van der Waals surface area (Å²) in [4.78, 5) is 12.6. The van der Waals surface area contributed by atoms with Gasteiger partial charge in [-0.25, -0.2) is 17.5 Å². The smallest absolute Gasteiger partial charge is 0.399 e. The molecule has 1 aliphatic carbocycles. The van der Waals surface area contributed by atoms with Crippen LogP contribution in [-0.2, 0) is 33.4 Å². The standard InChI is InChI=1S/C32H35BF2N4O5S/c1-31(2)32(3,4)44-33(43-31)24-12-7-20(15-25(24)35)13-14-39(45(41)42)28-18-38-27(17-23(28)21-8-9-21)29(30(36)40)26(37-38)16-19-5-10-22(34)11-6-19/h5-7,10-12,15,17-18,21H,8-9,13-14,16H2,1-4H3,(H2,36,40)(H,41,42). The molecule has 1 saturated heterocycles. The Morgan fingerprint density at radius 3 is 2.31 bits per heavy atom. The number of carbonyl (C=O) groups is 1. The van der Waals surface area contributed by atoms with Gasteiger partial charge >= 0.3 is 7.12 Å². The summed E-state index contributed by atoms with van der Waals surface area (Å²) in [6.07, 6.45) is 3.94. The number of pyridine rings is 1. The van der Waals surface area contributed by atoms with Gasteiger partial charge in [-0.05, 0) is 93.8 Å². The number of primary amides is 1. The van der Waals surface area contributed by atoms with Crippen molar-refractivity contribution >= 4 is 41.0 Å². The number of carbonyl (C=O) groups excluding carboxylic acids is 1. The van der Waals surface area contributed by atoms with E-state index in [9.17, 15) is 17.9 Å². The predicted octanol–water partition coefficient (Wildman–Crippen LogP) is 4.66. The second-order valence-corrected chi connectivity index (χ2v) is 13.6. The number of hydrogen-bond acceptors (Lipinski definition) is 5. The van der Waals surface area contributed by atoms with E-state index in [4.69, 9.17) is 15.0 Å². The van der Waals surface area contributed by atoms with Crippen molar-refractivity contribution in [3.05, 3.63) is 94.3 Å². The van der Waals surface area contributed by atoms with Crippen molar-refractivity contribution < 1.29 is 31.6 Å². The minimum atomic E-state index is -2.41. The van der Waals surface area contributed by atoms with E-state index in [1.165, 1.54) is 27.0 Å². The van der Waals surface area contributed by atoms with Crippen molar-refractivity contribution in [1.29, 1.82) is 0 Å². The van der Waals surface area contributed by atoms with Gasteiger partial charge in [0.2, 0.25) is 0 Å². The zero-order chi connectivity index (χ0) is 32.3. The monoisotopic (exact) mass is 636 g/mol. The Hall–Kier alpha value is -3.65. The molecule has 3 heterocycles. The fourth-order valence-corrected chi connectivity index (χ4v) is 6.23. The highest BCUT2D eigenvalue weighted by Gasteiger charge is 2.52. The second-order valence-electron chi connectivity index (χ2n) is 12.7. The molecule has 1 saturated carbocycles. The molecule has 4 aromatic rings. The average Bonchev–Trinajstić information content (AvgIpc) is 3.69. The van der Waals surface area contributed by atoms with Crippen molar-refractivity contribution in [2.45, 2.75) is 70.5 Å². The number of halogens is 2.